The summed E-state index contributed by atoms with van der Waals surface area (Å²) >= 11 is 0. The van der Waals surface area contributed by atoms with Gasteiger partial charge >= 0.3 is 0 Å². The molecule has 0 amide bonds. The topological polar surface area (TPSA) is 50.9 Å². The van der Waals surface area contributed by atoms with E-state index in [2.05, 4.69) is 45.9 Å². The van der Waals surface area contributed by atoms with Crippen molar-refractivity contribution in [3.05, 3.63) is 36.7 Å². The Balaban J connectivity index is 1.55. The number of likely N-dealkylation sites (tertiary alicyclic amines) is 1. The van der Waals surface area contributed by atoms with Crippen molar-refractivity contribution in [2.24, 2.45) is 13.0 Å². The minimum absolute atomic E-state index is 0.456. The van der Waals surface area contributed by atoms with Crippen molar-refractivity contribution >= 4 is 0 Å². The van der Waals surface area contributed by atoms with Crippen molar-refractivity contribution in [2.75, 3.05) is 20.1 Å². The van der Waals surface area contributed by atoms with E-state index < -0.39 is 0 Å². The van der Waals surface area contributed by atoms with Gasteiger partial charge in [-0.3, -0.25) is 9.58 Å². The zero-order chi connectivity index (χ0) is 16.9. The molecule has 132 valence electrons. The third-order valence-electron chi connectivity index (χ3n) is 5.24. The first kappa shape index (κ1) is 17.2. The third kappa shape index (κ3) is 4.05. The number of aromatic nitrogens is 4. The first-order valence-electron chi connectivity index (χ1n) is 9.02. The molecule has 0 spiro atoms. The highest BCUT2D eigenvalue weighted by atomic mass is 15.3. The number of hydrogen-bond acceptors (Lipinski definition) is 4. The molecule has 3 atom stereocenters. The molecule has 1 unspecified atom stereocenters. The smallest absolute Gasteiger partial charge is 0.0946 e. The summed E-state index contributed by atoms with van der Waals surface area (Å²) < 4.78 is 4.17. The molecule has 1 N–H and O–H groups in total. The van der Waals surface area contributed by atoms with Gasteiger partial charge in [0, 0.05) is 44.8 Å². The van der Waals surface area contributed by atoms with Crippen molar-refractivity contribution < 1.29 is 0 Å². The van der Waals surface area contributed by atoms with Gasteiger partial charge in [-0.2, -0.15) is 5.10 Å². The molecule has 0 radical (unpaired) electrons. The van der Waals surface area contributed by atoms with Crippen LogP contribution in [0.4, 0.5) is 0 Å². The lowest BCUT2D eigenvalue weighted by Crippen LogP contribution is -2.43. The Kier molecular flexibility index (Phi) is 5.68. The highest BCUT2D eigenvalue weighted by Gasteiger charge is 2.32. The largest absolute Gasteiger partial charge is 0.336 e. The lowest BCUT2D eigenvalue weighted by atomic mass is 9.87. The number of imidazole rings is 1. The average molecular weight is 330 g/mol. The molecule has 2 aromatic heterocycles. The Bertz CT molecular complexity index is 605. The lowest BCUT2D eigenvalue weighted by molar-refractivity contribution is 0.112. The lowest BCUT2D eigenvalue weighted by Gasteiger charge is -2.39. The van der Waals surface area contributed by atoms with Crippen LogP contribution in [-0.2, 0) is 13.6 Å². The van der Waals surface area contributed by atoms with Crippen LogP contribution < -0.4 is 5.32 Å². The Morgan fingerprint density at radius 1 is 1.38 bits per heavy atom. The molecule has 0 aromatic carbocycles. The summed E-state index contributed by atoms with van der Waals surface area (Å²) in [6.45, 7) is 5.47. The molecule has 0 aliphatic carbocycles. The van der Waals surface area contributed by atoms with Crippen LogP contribution in [0.15, 0.2) is 31.0 Å². The summed E-state index contributed by atoms with van der Waals surface area (Å²) in [7, 11) is 4.34. The zero-order valence-corrected chi connectivity index (χ0v) is 15.1. The first-order valence-corrected chi connectivity index (χ1v) is 9.02. The molecule has 0 bridgehead atoms. The molecule has 24 heavy (non-hydrogen) atoms. The predicted molar refractivity (Wildman–Crippen MR) is 95.6 cm³/mol. The van der Waals surface area contributed by atoms with Crippen LogP contribution in [0.2, 0.25) is 0 Å². The van der Waals surface area contributed by atoms with E-state index in [1.807, 2.05) is 35.7 Å². The number of hydrogen-bond donors (Lipinski definition) is 1. The Hall–Kier alpha value is -1.66. The zero-order valence-electron chi connectivity index (χ0n) is 15.1. The van der Waals surface area contributed by atoms with Gasteiger partial charge in [-0.1, -0.05) is 0 Å². The van der Waals surface area contributed by atoms with Crippen LogP contribution in [0.5, 0.6) is 0 Å². The van der Waals surface area contributed by atoms with Crippen molar-refractivity contribution in [1.29, 1.82) is 0 Å². The predicted octanol–water partition coefficient (Wildman–Crippen LogP) is 2.07. The molecule has 3 rings (SSSR count). The maximum absolute atomic E-state index is 4.33. The molecule has 1 aliphatic heterocycles. The van der Waals surface area contributed by atoms with Gasteiger partial charge in [-0.15, -0.1) is 0 Å². The van der Waals surface area contributed by atoms with Crippen LogP contribution in [0.1, 0.15) is 37.9 Å². The van der Waals surface area contributed by atoms with E-state index in [-0.39, 0.29) is 0 Å². The van der Waals surface area contributed by atoms with Crippen molar-refractivity contribution in [1.82, 2.24) is 29.5 Å². The Morgan fingerprint density at radius 2 is 2.25 bits per heavy atom. The standard InChI is InChI=1S/C18H30N6/c1-15(7-11-24-10-5-8-21-24)20-12-16-6-4-9-22(2)18(16)17-13-19-14-23(17)3/h5,8,10,13-16,18,20H,4,6-7,9,11-12H2,1-3H3/t15?,16-,18+/m0/s1. The summed E-state index contributed by atoms with van der Waals surface area (Å²) in [6, 6.07) is 2.93. The number of rotatable bonds is 7. The summed E-state index contributed by atoms with van der Waals surface area (Å²) in [5.41, 5.74) is 1.33. The normalized spacial score (nSPS) is 23.5. The molecular formula is C18H30N6. The number of piperidine rings is 1. The molecule has 0 saturated carbocycles. The number of nitrogens with zero attached hydrogens (tertiary/aromatic N) is 5. The van der Waals surface area contributed by atoms with E-state index in [1.54, 1.807) is 0 Å². The molecular weight excluding hydrogens is 300 g/mol. The highest BCUT2D eigenvalue weighted by molar-refractivity contribution is 5.08. The fraction of sp³-hybridized carbons (Fsp3) is 0.667. The third-order valence-corrected chi connectivity index (χ3v) is 5.24. The van der Waals surface area contributed by atoms with E-state index in [0.717, 1.165) is 19.5 Å². The molecule has 6 nitrogen and oxygen atoms in total. The van der Waals surface area contributed by atoms with Crippen LogP contribution in [0, 0.1) is 5.92 Å². The second-order valence-corrected chi connectivity index (χ2v) is 7.12. The van der Waals surface area contributed by atoms with E-state index in [4.69, 9.17) is 0 Å². The van der Waals surface area contributed by atoms with E-state index in [9.17, 15) is 0 Å². The van der Waals surface area contributed by atoms with Gasteiger partial charge < -0.3 is 9.88 Å². The fourth-order valence-corrected chi connectivity index (χ4v) is 3.81. The van der Waals surface area contributed by atoms with Crippen LogP contribution in [0.3, 0.4) is 0 Å². The van der Waals surface area contributed by atoms with E-state index in [0.29, 0.717) is 18.0 Å². The maximum Gasteiger partial charge on any atom is 0.0946 e. The molecule has 1 aliphatic rings. The minimum Gasteiger partial charge on any atom is -0.336 e. The SMILES string of the molecule is CC(CCn1cccn1)NC[C@@H]1CCCN(C)[C@H]1c1cncn1C. The number of nitrogens with one attached hydrogen (secondary N) is 1. The fourth-order valence-electron chi connectivity index (χ4n) is 3.81. The molecule has 2 aromatic rings. The molecule has 1 fully saturated rings. The Labute approximate surface area is 144 Å². The molecule has 3 heterocycles. The van der Waals surface area contributed by atoms with Crippen LogP contribution in [0.25, 0.3) is 0 Å². The van der Waals surface area contributed by atoms with Gasteiger partial charge in [-0.25, -0.2) is 4.98 Å². The number of aryl methyl sites for hydroxylation is 2. The van der Waals surface area contributed by atoms with Crippen molar-refractivity contribution in [2.45, 2.75) is 44.8 Å². The highest BCUT2D eigenvalue weighted by Crippen LogP contribution is 2.34. The van der Waals surface area contributed by atoms with Gasteiger partial charge in [0.25, 0.3) is 0 Å². The first-order chi connectivity index (χ1) is 11.6. The summed E-state index contributed by atoms with van der Waals surface area (Å²) in [5, 5.41) is 8.03. The van der Waals surface area contributed by atoms with Crippen molar-refractivity contribution in [3.63, 3.8) is 0 Å². The summed E-state index contributed by atoms with van der Waals surface area (Å²) in [6.07, 6.45) is 11.5. The summed E-state index contributed by atoms with van der Waals surface area (Å²) in [4.78, 5) is 6.81. The monoisotopic (exact) mass is 330 g/mol. The Morgan fingerprint density at radius 3 is 2.96 bits per heavy atom. The van der Waals surface area contributed by atoms with Gasteiger partial charge in [0.15, 0.2) is 0 Å². The average Bonchev–Trinajstić information content (AvgIpc) is 3.23. The van der Waals surface area contributed by atoms with Gasteiger partial charge in [0.2, 0.25) is 0 Å². The molecule has 6 heteroatoms. The van der Waals surface area contributed by atoms with Gasteiger partial charge in [0.1, 0.15) is 0 Å². The van der Waals surface area contributed by atoms with Crippen molar-refractivity contribution in [3.8, 4) is 0 Å². The van der Waals surface area contributed by atoms with E-state index in [1.165, 1.54) is 25.1 Å². The van der Waals surface area contributed by atoms with Gasteiger partial charge in [0.05, 0.1) is 18.1 Å². The van der Waals surface area contributed by atoms with Crippen LogP contribution >= 0.6 is 0 Å². The minimum atomic E-state index is 0.456. The van der Waals surface area contributed by atoms with Crippen LogP contribution in [-0.4, -0.2) is 50.4 Å². The second-order valence-electron chi connectivity index (χ2n) is 7.12. The second kappa shape index (κ2) is 7.94. The van der Waals surface area contributed by atoms with E-state index >= 15 is 0 Å². The maximum atomic E-state index is 4.33. The quantitative estimate of drug-likeness (QED) is 0.844. The molecule has 1 saturated heterocycles. The summed E-state index contributed by atoms with van der Waals surface area (Å²) in [5.74, 6) is 0.631. The van der Waals surface area contributed by atoms with Gasteiger partial charge in [-0.05, 0) is 51.8 Å².